The van der Waals surface area contributed by atoms with E-state index in [4.69, 9.17) is 61.6 Å². The second kappa shape index (κ2) is 35.9. The number of rotatable bonds is 39. The summed E-state index contributed by atoms with van der Waals surface area (Å²) >= 11 is 0. The lowest BCUT2D eigenvalue weighted by Gasteiger charge is -2.09. The van der Waals surface area contributed by atoms with Crippen LogP contribution in [-0.4, -0.2) is 171 Å². The van der Waals surface area contributed by atoms with Crippen molar-refractivity contribution in [1.29, 1.82) is 0 Å². The molecule has 0 aliphatic rings. The Morgan fingerprint density at radius 1 is 0.377 bits per heavy atom. The van der Waals surface area contributed by atoms with Crippen LogP contribution in [0.5, 0.6) is 5.75 Å². The van der Waals surface area contributed by atoms with Gasteiger partial charge in [0, 0.05) is 5.56 Å². The molecule has 2 aromatic rings. The molecule has 0 saturated carbocycles. The summed E-state index contributed by atoms with van der Waals surface area (Å²) in [6.07, 6.45) is 0.795. The molecular formula is C38H58O15. The van der Waals surface area contributed by atoms with Crippen molar-refractivity contribution >= 4 is 12.3 Å². The highest BCUT2D eigenvalue weighted by Gasteiger charge is 2.05. The van der Waals surface area contributed by atoms with Gasteiger partial charge in [-0.1, -0.05) is 18.2 Å². The Kier molecular flexibility index (Phi) is 31.3. The molecule has 15 nitrogen and oxygen atoms in total. The highest BCUT2D eigenvalue weighted by molar-refractivity contribution is 5.89. The molecule has 0 atom stereocenters. The third-order valence-electron chi connectivity index (χ3n) is 6.70. The van der Waals surface area contributed by atoms with E-state index in [-0.39, 0.29) is 12.6 Å². The van der Waals surface area contributed by atoms with Crippen molar-refractivity contribution < 1.29 is 71.2 Å². The van der Waals surface area contributed by atoms with Crippen molar-refractivity contribution in [1.82, 2.24) is 0 Å². The molecule has 0 fully saturated rings. The summed E-state index contributed by atoms with van der Waals surface area (Å²) in [6.45, 7) is 10.9. The third-order valence-corrected chi connectivity index (χ3v) is 6.70. The number of carbonyl (C=O) groups excluding carboxylic acids is 2. The molecule has 15 heteroatoms. The minimum Gasteiger partial charge on any atom is -0.491 e. The maximum atomic E-state index is 11.8. The lowest BCUT2D eigenvalue weighted by Crippen LogP contribution is -2.16. The van der Waals surface area contributed by atoms with Crippen LogP contribution < -0.4 is 4.74 Å². The zero-order valence-electron chi connectivity index (χ0n) is 30.9. The van der Waals surface area contributed by atoms with Gasteiger partial charge in [0.15, 0.2) is 0 Å². The van der Waals surface area contributed by atoms with Gasteiger partial charge in [-0.25, -0.2) is 4.79 Å². The molecule has 0 saturated heterocycles. The zero-order valence-corrected chi connectivity index (χ0v) is 30.9. The van der Waals surface area contributed by atoms with E-state index in [9.17, 15) is 9.59 Å². The van der Waals surface area contributed by atoms with Gasteiger partial charge >= 0.3 is 5.97 Å². The van der Waals surface area contributed by atoms with Crippen LogP contribution in [-0.2, 0) is 56.8 Å². The fraction of sp³-hybridized carbons (Fsp3) is 0.632. The largest absolute Gasteiger partial charge is 0.491 e. The Morgan fingerprint density at radius 3 is 1.00 bits per heavy atom. The lowest BCUT2D eigenvalue weighted by molar-refractivity contribution is -0.0282. The van der Waals surface area contributed by atoms with Crippen LogP contribution in [0.15, 0.2) is 54.6 Å². The first-order valence-electron chi connectivity index (χ1n) is 18.0. The van der Waals surface area contributed by atoms with Gasteiger partial charge in [0.1, 0.15) is 25.2 Å². The van der Waals surface area contributed by atoms with Gasteiger partial charge in [-0.2, -0.15) is 0 Å². The SMILES string of the molecule is O=Cc1ccc(OCCOCCOCCOCCOCCOCCOCCOCCOCCOCCOCCOCCOC(=O)c2ccccc2)cc1. The number of hydrogen-bond donors (Lipinski definition) is 0. The molecule has 0 amide bonds. The Hall–Kier alpha value is -3.06. The van der Waals surface area contributed by atoms with Gasteiger partial charge in [0.05, 0.1) is 151 Å². The number of esters is 1. The van der Waals surface area contributed by atoms with Crippen molar-refractivity contribution in [3.8, 4) is 5.75 Å². The number of benzene rings is 2. The van der Waals surface area contributed by atoms with E-state index in [0.717, 1.165) is 6.29 Å². The highest BCUT2D eigenvalue weighted by atomic mass is 16.6. The minimum atomic E-state index is -0.360. The Labute approximate surface area is 313 Å². The molecule has 0 aliphatic carbocycles. The Bertz CT molecular complexity index is 1090. The first kappa shape index (κ1) is 46.1. The summed E-state index contributed by atoms with van der Waals surface area (Å²) in [5, 5.41) is 0. The van der Waals surface area contributed by atoms with E-state index < -0.39 is 0 Å². The average molecular weight is 755 g/mol. The van der Waals surface area contributed by atoms with Crippen LogP contribution in [0.3, 0.4) is 0 Å². The van der Waals surface area contributed by atoms with Gasteiger partial charge < -0.3 is 61.6 Å². The van der Waals surface area contributed by atoms with Crippen LogP contribution >= 0.6 is 0 Å². The molecular weight excluding hydrogens is 696 g/mol. The van der Waals surface area contributed by atoms with Crippen molar-refractivity contribution in [2.24, 2.45) is 0 Å². The second-order valence-corrected chi connectivity index (χ2v) is 10.8. The smallest absolute Gasteiger partial charge is 0.338 e. The standard InChI is InChI=1S/C38H58O15/c39-34-35-6-8-37(9-7-35)52-32-30-50-28-26-48-24-22-46-20-18-44-16-14-42-12-10-41-11-13-43-15-17-45-19-21-47-23-25-49-27-29-51-31-33-53-38(40)36-4-2-1-3-5-36/h1-9,34H,10-33H2. The van der Waals surface area contributed by atoms with E-state index in [1.54, 1.807) is 48.5 Å². The monoisotopic (exact) mass is 754 g/mol. The van der Waals surface area contributed by atoms with E-state index >= 15 is 0 Å². The van der Waals surface area contributed by atoms with E-state index in [1.807, 2.05) is 6.07 Å². The van der Waals surface area contributed by atoms with Crippen molar-refractivity contribution in [3.05, 3.63) is 65.7 Å². The Morgan fingerprint density at radius 2 is 0.679 bits per heavy atom. The quantitative estimate of drug-likeness (QED) is 0.0558. The molecule has 0 bridgehead atoms. The predicted octanol–water partition coefficient (Wildman–Crippen LogP) is 2.92. The predicted molar refractivity (Wildman–Crippen MR) is 193 cm³/mol. The van der Waals surface area contributed by atoms with Crippen LogP contribution in [0.25, 0.3) is 0 Å². The molecule has 0 spiro atoms. The van der Waals surface area contributed by atoms with Crippen molar-refractivity contribution in [2.45, 2.75) is 0 Å². The first-order chi connectivity index (χ1) is 26.3. The van der Waals surface area contributed by atoms with Gasteiger partial charge in [-0.15, -0.1) is 0 Å². The molecule has 0 radical (unpaired) electrons. The summed E-state index contributed by atoms with van der Waals surface area (Å²) in [4.78, 5) is 22.4. The maximum absolute atomic E-state index is 11.8. The van der Waals surface area contributed by atoms with E-state index in [1.165, 1.54) is 0 Å². The van der Waals surface area contributed by atoms with Crippen LogP contribution in [0.1, 0.15) is 20.7 Å². The summed E-state index contributed by atoms with van der Waals surface area (Å²) in [5.74, 6) is 0.339. The molecule has 0 aromatic heterocycles. The summed E-state index contributed by atoms with van der Waals surface area (Å²) < 4.78 is 70.8. The fourth-order valence-corrected chi connectivity index (χ4v) is 4.01. The van der Waals surface area contributed by atoms with Crippen molar-refractivity contribution in [2.75, 3.05) is 159 Å². The average Bonchev–Trinajstić information content (AvgIpc) is 3.19. The third kappa shape index (κ3) is 29.0. The highest BCUT2D eigenvalue weighted by Crippen LogP contribution is 2.10. The minimum absolute atomic E-state index is 0.197. The topological polar surface area (TPSA) is 154 Å². The van der Waals surface area contributed by atoms with Gasteiger partial charge in [-0.3, -0.25) is 4.79 Å². The molecule has 300 valence electrons. The summed E-state index contributed by atoms with van der Waals surface area (Å²) in [5.41, 5.74) is 1.14. The first-order valence-corrected chi connectivity index (χ1v) is 18.0. The van der Waals surface area contributed by atoms with Gasteiger partial charge in [-0.05, 0) is 36.4 Å². The van der Waals surface area contributed by atoms with E-state index in [0.29, 0.717) is 169 Å². The fourth-order valence-electron chi connectivity index (χ4n) is 4.01. The summed E-state index contributed by atoms with van der Waals surface area (Å²) in [6, 6.07) is 15.8. The molecule has 0 unspecified atom stereocenters. The van der Waals surface area contributed by atoms with Crippen LogP contribution in [0.4, 0.5) is 0 Å². The molecule has 0 aliphatic heterocycles. The normalized spacial score (nSPS) is 11.2. The maximum Gasteiger partial charge on any atom is 0.338 e. The number of carbonyl (C=O) groups is 2. The molecule has 0 heterocycles. The number of ether oxygens (including phenoxy) is 13. The summed E-state index contributed by atoms with van der Waals surface area (Å²) in [7, 11) is 0. The second-order valence-electron chi connectivity index (χ2n) is 10.8. The molecule has 2 rings (SSSR count). The molecule has 0 N–H and O–H groups in total. The number of hydrogen-bond acceptors (Lipinski definition) is 15. The zero-order chi connectivity index (χ0) is 37.5. The molecule has 53 heavy (non-hydrogen) atoms. The van der Waals surface area contributed by atoms with Gasteiger partial charge in [0.25, 0.3) is 0 Å². The van der Waals surface area contributed by atoms with Crippen LogP contribution in [0, 0.1) is 0 Å². The lowest BCUT2D eigenvalue weighted by atomic mass is 10.2. The van der Waals surface area contributed by atoms with E-state index in [2.05, 4.69) is 0 Å². The van der Waals surface area contributed by atoms with Crippen molar-refractivity contribution in [3.63, 3.8) is 0 Å². The van der Waals surface area contributed by atoms with Crippen LogP contribution in [0.2, 0.25) is 0 Å². The molecule has 2 aromatic carbocycles. The number of aldehydes is 1. The van der Waals surface area contributed by atoms with Gasteiger partial charge in [0.2, 0.25) is 0 Å². The Balaban J connectivity index is 1.14.